The van der Waals surface area contributed by atoms with E-state index >= 15 is 0 Å². The number of nitrogens with one attached hydrogen (secondary N) is 1. The van der Waals surface area contributed by atoms with Gasteiger partial charge < -0.3 is 9.94 Å². The van der Waals surface area contributed by atoms with Crippen LogP contribution >= 0.6 is 11.3 Å². The maximum absolute atomic E-state index is 12.3. The fraction of sp³-hybridized carbons (Fsp3) is 0.111. The van der Waals surface area contributed by atoms with Crippen LogP contribution in [0.1, 0.15) is 17.3 Å². The second-order valence-electron chi connectivity index (χ2n) is 5.83. The van der Waals surface area contributed by atoms with Gasteiger partial charge in [-0.3, -0.25) is 20.2 Å². The van der Waals surface area contributed by atoms with Crippen LogP contribution in [-0.4, -0.2) is 27.9 Å². The molecule has 0 aliphatic carbocycles. The highest BCUT2D eigenvalue weighted by Gasteiger charge is 2.21. The van der Waals surface area contributed by atoms with E-state index in [2.05, 4.69) is 10.3 Å². The lowest BCUT2D eigenvalue weighted by Gasteiger charge is -2.12. The van der Waals surface area contributed by atoms with Crippen molar-refractivity contribution in [2.45, 2.75) is 13.0 Å². The zero-order chi connectivity index (χ0) is 21.0. The van der Waals surface area contributed by atoms with Gasteiger partial charge in [0.15, 0.2) is 23.6 Å². The molecule has 1 N–H and O–H groups in total. The molecule has 148 valence electrons. The molecule has 2 heterocycles. The van der Waals surface area contributed by atoms with Crippen LogP contribution in [0.3, 0.4) is 0 Å². The summed E-state index contributed by atoms with van der Waals surface area (Å²) in [6, 6.07) is 8.54. The SMILES string of the molecule is C[C@@H](OC(=O)c1cc[n+]([O-])cc1)C(=O)Nc1nc(-c2cccc([N+](=O)[O-])c2)cs1. The highest BCUT2D eigenvalue weighted by Crippen LogP contribution is 2.27. The normalized spacial score (nSPS) is 11.5. The van der Waals surface area contributed by atoms with Crippen molar-refractivity contribution in [3.8, 4) is 11.3 Å². The van der Waals surface area contributed by atoms with Crippen molar-refractivity contribution in [1.82, 2.24) is 4.98 Å². The van der Waals surface area contributed by atoms with Crippen molar-refractivity contribution < 1.29 is 24.0 Å². The third-order valence-electron chi connectivity index (χ3n) is 3.78. The number of thiazole rings is 1. The molecule has 0 fully saturated rings. The number of nitro groups is 1. The molecular weight excluding hydrogens is 400 g/mol. The van der Waals surface area contributed by atoms with Gasteiger partial charge in [0.2, 0.25) is 0 Å². The third kappa shape index (κ3) is 4.90. The van der Waals surface area contributed by atoms with E-state index in [9.17, 15) is 24.9 Å². The zero-order valence-corrected chi connectivity index (χ0v) is 15.8. The van der Waals surface area contributed by atoms with Crippen LogP contribution in [-0.2, 0) is 9.53 Å². The van der Waals surface area contributed by atoms with Crippen LogP contribution in [0.4, 0.5) is 10.8 Å². The number of aromatic nitrogens is 2. The monoisotopic (exact) mass is 414 g/mol. The number of anilines is 1. The fourth-order valence-corrected chi connectivity index (χ4v) is 3.00. The molecule has 3 rings (SSSR count). The average Bonchev–Trinajstić information content (AvgIpc) is 3.17. The summed E-state index contributed by atoms with van der Waals surface area (Å²) in [6.45, 7) is 1.40. The van der Waals surface area contributed by atoms with Crippen molar-refractivity contribution in [3.05, 3.63) is 75.1 Å². The summed E-state index contributed by atoms with van der Waals surface area (Å²) in [7, 11) is 0. The predicted molar refractivity (Wildman–Crippen MR) is 103 cm³/mol. The second-order valence-corrected chi connectivity index (χ2v) is 6.69. The van der Waals surface area contributed by atoms with Crippen LogP contribution < -0.4 is 10.0 Å². The van der Waals surface area contributed by atoms with Gasteiger partial charge in [-0.25, -0.2) is 9.78 Å². The smallest absolute Gasteiger partial charge is 0.339 e. The van der Waals surface area contributed by atoms with Crippen molar-refractivity contribution in [2.24, 2.45) is 0 Å². The molecule has 2 aromatic heterocycles. The van der Waals surface area contributed by atoms with Crippen molar-refractivity contribution >= 4 is 34.0 Å². The second kappa shape index (κ2) is 8.44. The number of ether oxygens (including phenoxy) is 1. The number of benzene rings is 1. The summed E-state index contributed by atoms with van der Waals surface area (Å²) in [4.78, 5) is 38.9. The minimum absolute atomic E-state index is 0.0648. The highest BCUT2D eigenvalue weighted by molar-refractivity contribution is 7.14. The lowest BCUT2D eigenvalue weighted by Crippen LogP contribution is -2.30. The Kier molecular flexibility index (Phi) is 5.79. The standard InChI is InChI=1S/C18H14N4O6S/c1-11(28-17(24)12-5-7-21(25)8-6-12)16(23)20-18-19-15(10-29-18)13-3-2-4-14(9-13)22(26)27/h2-11H,1H3,(H,19,20,23)/t11-/m1/s1. The van der Waals surface area contributed by atoms with Gasteiger partial charge in [0.05, 0.1) is 16.2 Å². The first-order valence-electron chi connectivity index (χ1n) is 8.24. The molecule has 1 atom stereocenters. The Balaban J connectivity index is 1.63. The van der Waals surface area contributed by atoms with Gasteiger partial charge in [-0.2, -0.15) is 4.73 Å². The summed E-state index contributed by atoms with van der Waals surface area (Å²) in [5.74, 6) is -1.34. The van der Waals surface area contributed by atoms with Crippen LogP contribution in [0.5, 0.6) is 0 Å². The molecule has 0 spiro atoms. The molecule has 0 saturated carbocycles. The molecule has 10 nitrogen and oxygen atoms in total. The maximum atomic E-state index is 12.3. The number of rotatable bonds is 6. The molecule has 0 saturated heterocycles. The Labute approximate surface area is 168 Å². The minimum atomic E-state index is -1.10. The number of carbonyl (C=O) groups excluding carboxylic acids is 2. The number of nitro benzene ring substituents is 1. The van der Waals surface area contributed by atoms with Gasteiger partial charge in [0.25, 0.3) is 11.6 Å². The van der Waals surface area contributed by atoms with E-state index in [1.54, 1.807) is 17.5 Å². The fourth-order valence-electron chi connectivity index (χ4n) is 2.28. The first-order chi connectivity index (χ1) is 13.8. The molecule has 11 heteroatoms. The van der Waals surface area contributed by atoms with Gasteiger partial charge in [-0.1, -0.05) is 12.1 Å². The number of esters is 1. The lowest BCUT2D eigenvalue weighted by atomic mass is 10.1. The van der Waals surface area contributed by atoms with Crippen molar-refractivity contribution in [1.29, 1.82) is 0 Å². The van der Waals surface area contributed by atoms with Crippen LogP contribution in [0.15, 0.2) is 54.2 Å². The summed E-state index contributed by atoms with van der Waals surface area (Å²) in [5.41, 5.74) is 1.08. The zero-order valence-electron chi connectivity index (χ0n) is 15.0. The van der Waals surface area contributed by atoms with Crippen LogP contribution in [0.25, 0.3) is 11.3 Å². The molecule has 1 aromatic carbocycles. The molecule has 1 amide bonds. The summed E-state index contributed by atoms with van der Waals surface area (Å²) < 4.78 is 5.61. The molecule has 0 aliphatic rings. The molecular formula is C18H14N4O6S. The number of non-ortho nitro benzene ring substituents is 1. The van der Waals surface area contributed by atoms with E-state index in [4.69, 9.17) is 4.74 Å². The van der Waals surface area contributed by atoms with Gasteiger partial charge in [0, 0.05) is 35.2 Å². The molecule has 0 radical (unpaired) electrons. The summed E-state index contributed by atoms with van der Waals surface area (Å²) >= 11 is 1.13. The molecule has 0 bridgehead atoms. The van der Waals surface area contributed by atoms with Gasteiger partial charge in [0.1, 0.15) is 0 Å². The van der Waals surface area contributed by atoms with Crippen LogP contribution in [0, 0.1) is 15.3 Å². The molecule has 3 aromatic rings. The van der Waals surface area contributed by atoms with Crippen molar-refractivity contribution in [3.63, 3.8) is 0 Å². The van der Waals surface area contributed by atoms with E-state index in [0.29, 0.717) is 16.0 Å². The average molecular weight is 414 g/mol. The van der Waals surface area contributed by atoms with Crippen molar-refractivity contribution in [2.75, 3.05) is 5.32 Å². The topological polar surface area (TPSA) is 138 Å². The Morgan fingerprint density at radius 3 is 2.69 bits per heavy atom. The molecule has 0 unspecified atom stereocenters. The van der Waals surface area contributed by atoms with E-state index < -0.39 is 22.9 Å². The number of amides is 1. The first kappa shape index (κ1) is 19.9. The molecule has 0 aliphatic heterocycles. The minimum Gasteiger partial charge on any atom is -0.619 e. The number of nitrogens with zero attached hydrogens (tertiary/aromatic N) is 3. The Morgan fingerprint density at radius 2 is 2.00 bits per heavy atom. The highest BCUT2D eigenvalue weighted by atomic mass is 32.1. The van der Waals surface area contributed by atoms with E-state index in [1.807, 2.05) is 0 Å². The quantitative estimate of drug-likeness (QED) is 0.215. The van der Waals surface area contributed by atoms with Gasteiger partial charge >= 0.3 is 5.97 Å². The number of hydrogen-bond donors (Lipinski definition) is 1. The van der Waals surface area contributed by atoms with Gasteiger partial charge in [-0.05, 0) is 6.92 Å². The van der Waals surface area contributed by atoms with Gasteiger partial charge in [-0.15, -0.1) is 11.3 Å². The van der Waals surface area contributed by atoms with E-state index in [0.717, 1.165) is 23.7 Å². The third-order valence-corrected chi connectivity index (χ3v) is 4.54. The number of pyridine rings is 1. The maximum Gasteiger partial charge on any atom is 0.339 e. The van der Waals surface area contributed by atoms with E-state index in [-0.39, 0.29) is 16.4 Å². The molecule has 29 heavy (non-hydrogen) atoms. The Bertz CT molecular complexity index is 1070. The predicted octanol–water partition coefficient (Wildman–Crippen LogP) is 2.54. The summed E-state index contributed by atoms with van der Waals surface area (Å²) in [5, 5.41) is 26.3. The Hall–Kier alpha value is -3.86. The van der Waals surface area contributed by atoms with E-state index in [1.165, 1.54) is 31.2 Å². The first-order valence-corrected chi connectivity index (χ1v) is 9.12. The van der Waals surface area contributed by atoms with Crippen LogP contribution in [0.2, 0.25) is 0 Å². The number of carbonyl (C=O) groups is 2. The largest absolute Gasteiger partial charge is 0.619 e. The lowest BCUT2D eigenvalue weighted by molar-refractivity contribution is -0.605. The summed E-state index contributed by atoms with van der Waals surface area (Å²) in [6.07, 6.45) is 1.19. The Morgan fingerprint density at radius 1 is 1.28 bits per heavy atom. The number of hydrogen-bond acceptors (Lipinski definition) is 8.